The van der Waals surface area contributed by atoms with Gasteiger partial charge in [-0.3, -0.25) is 18.8 Å². The number of hydrogen-bond acceptors (Lipinski definition) is 5. The summed E-state index contributed by atoms with van der Waals surface area (Å²) < 4.78 is 20.1. The Morgan fingerprint density at radius 3 is 2.92 bits per heavy atom. The number of para-hydroxylation sites is 1. The smallest absolute Gasteiger partial charge is 0.356 e. The third kappa shape index (κ3) is 6.92. The number of phosphoric acid groups is 1. The first-order valence-corrected chi connectivity index (χ1v) is 9.63. The minimum atomic E-state index is -3.88. The monoisotopic (exact) mass is 368 g/mol. The largest absolute Gasteiger partial charge is 0.471 e. The fourth-order valence-corrected chi connectivity index (χ4v) is 2.79. The van der Waals surface area contributed by atoms with E-state index in [0.29, 0.717) is 19.4 Å². The second-order valence-corrected chi connectivity index (χ2v) is 7.17. The quantitative estimate of drug-likeness (QED) is 0.494. The number of carbonyl (C=O) groups is 1. The van der Waals surface area contributed by atoms with Gasteiger partial charge in [0, 0.05) is 26.7 Å². The van der Waals surface area contributed by atoms with Crippen LogP contribution in [0.15, 0.2) is 36.5 Å². The van der Waals surface area contributed by atoms with Gasteiger partial charge in [0.2, 0.25) is 5.91 Å². The molecule has 0 fully saturated rings. The highest BCUT2D eigenvalue weighted by atomic mass is 31.2. The van der Waals surface area contributed by atoms with E-state index >= 15 is 0 Å². The number of unbranched alkanes of at least 4 members (excludes halogenated alkanes) is 2. The molecule has 1 atom stereocenters. The van der Waals surface area contributed by atoms with Gasteiger partial charge < -0.3 is 10.2 Å². The third-order valence-corrected chi connectivity index (χ3v) is 4.61. The fourth-order valence-electron chi connectivity index (χ4n) is 2.33. The Morgan fingerprint density at radius 1 is 1.32 bits per heavy atom. The minimum absolute atomic E-state index is 0. The Labute approximate surface area is 148 Å². The lowest BCUT2D eigenvalue weighted by atomic mass is 10.1. The Bertz CT molecular complexity index is 759. The van der Waals surface area contributed by atoms with Gasteiger partial charge in [0.1, 0.15) is 0 Å². The summed E-state index contributed by atoms with van der Waals surface area (Å²) in [7, 11) is -2.75. The van der Waals surface area contributed by atoms with E-state index in [-0.39, 0.29) is 13.9 Å². The van der Waals surface area contributed by atoms with Crippen LogP contribution in [0.2, 0.25) is 0 Å². The highest BCUT2D eigenvalue weighted by Crippen LogP contribution is 2.41. The molecule has 2 rings (SSSR count). The molecule has 7 nitrogen and oxygen atoms in total. The molecule has 0 aliphatic rings. The van der Waals surface area contributed by atoms with Crippen molar-refractivity contribution in [2.24, 2.45) is 0 Å². The average molecular weight is 368 g/mol. The van der Waals surface area contributed by atoms with Crippen LogP contribution in [0.25, 0.3) is 10.9 Å². The molecule has 138 valence electrons. The van der Waals surface area contributed by atoms with E-state index < -0.39 is 7.82 Å². The maximum atomic E-state index is 12.0. The molecule has 8 heteroatoms. The number of nitrogens with zero attached hydrogens (tertiary/aromatic N) is 1. The molecule has 25 heavy (non-hydrogen) atoms. The number of rotatable bonds is 10. The predicted molar refractivity (Wildman–Crippen MR) is 97.2 cm³/mol. The zero-order valence-corrected chi connectivity index (χ0v) is 15.1. The standard InChI is InChI=1S/C17H23N2O5P.H2/c1-23-25(21,22)24-10-6-2-5-9-18-17(20)12-14-11-15-7-3-4-8-16(15)19-13-14;/h3-4,7-8,11,13H,2,5-6,9-10,12H2,1H3,(H,18,20)(H,21,22);1H. The van der Waals surface area contributed by atoms with Crippen LogP contribution in [0, 0.1) is 0 Å². The van der Waals surface area contributed by atoms with Crippen molar-refractivity contribution in [3.05, 3.63) is 42.1 Å². The van der Waals surface area contributed by atoms with Gasteiger partial charge in [-0.25, -0.2) is 4.57 Å². The van der Waals surface area contributed by atoms with Crippen LogP contribution >= 0.6 is 7.82 Å². The fraction of sp³-hybridized carbons (Fsp3) is 0.412. The molecular weight excluding hydrogens is 343 g/mol. The number of nitrogens with one attached hydrogen (secondary N) is 1. The number of phosphoric ester groups is 1. The van der Waals surface area contributed by atoms with Crippen molar-refractivity contribution in [1.82, 2.24) is 10.3 Å². The van der Waals surface area contributed by atoms with Gasteiger partial charge in [-0.1, -0.05) is 18.2 Å². The van der Waals surface area contributed by atoms with Crippen LogP contribution in [0.5, 0.6) is 0 Å². The van der Waals surface area contributed by atoms with Gasteiger partial charge in [-0.15, -0.1) is 0 Å². The molecule has 2 N–H and O–H groups in total. The van der Waals surface area contributed by atoms with E-state index in [1.807, 2.05) is 30.3 Å². The van der Waals surface area contributed by atoms with E-state index in [4.69, 9.17) is 9.42 Å². The van der Waals surface area contributed by atoms with Gasteiger partial charge in [0.15, 0.2) is 0 Å². The van der Waals surface area contributed by atoms with Crippen LogP contribution in [0.1, 0.15) is 26.3 Å². The van der Waals surface area contributed by atoms with Gasteiger partial charge in [0.25, 0.3) is 0 Å². The summed E-state index contributed by atoms with van der Waals surface area (Å²) >= 11 is 0. The first-order valence-electron chi connectivity index (χ1n) is 8.13. The number of aromatic nitrogens is 1. The summed E-state index contributed by atoms with van der Waals surface area (Å²) in [6, 6.07) is 9.76. The normalized spacial score (nSPS) is 13.5. The Morgan fingerprint density at radius 2 is 2.12 bits per heavy atom. The number of amides is 1. The van der Waals surface area contributed by atoms with E-state index in [9.17, 15) is 9.36 Å². The summed E-state index contributed by atoms with van der Waals surface area (Å²) in [5.41, 5.74) is 1.79. The second-order valence-electron chi connectivity index (χ2n) is 5.61. The molecule has 0 spiro atoms. The third-order valence-electron chi connectivity index (χ3n) is 3.64. The molecule has 0 saturated heterocycles. The first-order chi connectivity index (χ1) is 12.0. The van der Waals surface area contributed by atoms with E-state index in [2.05, 4.69) is 14.8 Å². The molecule has 1 aromatic carbocycles. The highest BCUT2D eigenvalue weighted by molar-refractivity contribution is 7.47. The van der Waals surface area contributed by atoms with Crippen molar-refractivity contribution in [3.8, 4) is 0 Å². The lowest BCUT2D eigenvalue weighted by Crippen LogP contribution is -2.26. The number of fused-ring (bicyclic) bond motifs is 1. The van der Waals surface area contributed by atoms with Crippen LogP contribution in [0.4, 0.5) is 0 Å². The molecule has 0 saturated carbocycles. The molecule has 0 aliphatic heterocycles. The topological polar surface area (TPSA) is 97.8 Å². The molecule has 1 heterocycles. The highest BCUT2D eigenvalue weighted by Gasteiger charge is 2.17. The van der Waals surface area contributed by atoms with Crippen LogP contribution in [-0.2, 0) is 24.8 Å². The van der Waals surface area contributed by atoms with Gasteiger partial charge in [-0.2, -0.15) is 0 Å². The molecule has 0 bridgehead atoms. The lowest BCUT2D eigenvalue weighted by molar-refractivity contribution is -0.120. The van der Waals surface area contributed by atoms with Crippen molar-refractivity contribution in [3.63, 3.8) is 0 Å². The molecule has 1 unspecified atom stereocenters. The Hall–Kier alpha value is -1.79. The summed E-state index contributed by atoms with van der Waals surface area (Å²) in [5.74, 6) is -0.0485. The molecule has 1 aromatic heterocycles. The Kier molecular flexibility index (Phi) is 7.52. The predicted octanol–water partition coefficient (Wildman–Crippen LogP) is 3.07. The van der Waals surface area contributed by atoms with Crippen molar-refractivity contribution < 1.29 is 24.7 Å². The SMILES string of the molecule is COP(=O)(O)OCCCCCNC(=O)Cc1cnc2ccccc2c1.[HH]. The number of carbonyl (C=O) groups excluding carboxylic acids is 1. The zero-order chi connectivity index (χ0) is 18.1. The lowest BCUT2D eigenvalue weighted by Gasteiger charge is -2.09. The van der Waals surface area contributed by atoms with Gasteiger partial charge >= 0.3 is 7.82 Å². The first kappa shape index (κ1) is 19.5. The number of pyridine rings is 1. The molecule has 0 radical (unpaired) electrons. The maximum Gasteiger partial charge on any atom is 0.471 e. The van der Waals surface area contributed by atoms with Crippen molar-refractivity contribution >= 4 is 24.6 Å². The summed E-state index contributed by atoms with van der Waals surface area (Å²) in [5, 5.41) is 3.88. The molecule has 0 aliphatic carbocycles. The maximum absolute atomic E-state index is 12.0. The number of benzene rings is 1. The molecular formula is C17H25N2O5P. The second kappa shape index (κ2) is 9.63. The number of hydrogen-bond donors (Lipinski definition) is 2. The van der Waals surface area contributed by atoms with Crippen LogP contribution in [-0.4, -0.2) is 36.0 Å². The van der Waals surface area contributed by atoms with Crippen molar-refractivity contribution in [1.29, 1.82) is 0 Å². The zero-order valence-electron chi connectivity index (χ0n) is 14.2. The van der Waals surface area contributed by atoms with Gasteiger partial charge in [0.05, 0.1) is 18.5 Å². The summed E-state index contributed by atoms with van der Waals surface area (Å²) in [4.78, 5) is 25.4. The van der Waals surface area contributed by atoms with Crippen LogP contribution in [0.3, 0.4) is 0 Å². The van der Waals surface area contributed by atoms with E-state index in [1.54, 1.807) is 6.20 Å². The molecule has 2 aromatic rings. The van der Waals surface area contributed by atoms with Crippen molar-refractivity contribution in [2.45, 2.75) is 25.7 Å². The summed E-state index contributed by atoms with van der Waals surface area (Å²) in [6.45, 7) is 0.708. The summed E-state index contributed by atoms with van der Waals surface area (Å²) in [6.07, 6.45) is 4.19. The van der Waals surface area contributed by atoms with Crippen molar-refractivity contribution in [2.75, 3.05) is 20.3 Å². The van der Waals surface area contributed by atoms with E-state index in [1.165, 1.54) is 0 Å². The molecule has 1 amide bonds. The van der Waals surface area contributed by atoms with Crippen LogP contribution < -0.4 is 5.32 Å². The van der Waals surface area contributed by atoms with E-state index in [0.717, 1.165) is 36.4 Å². The minimum Gasteiger partial charge on any atom is -0.356 e. The average Bonchev–Trinajstić information content (AvgIpc) is 2.60. The van der Waals surface area contributed by atoms with Gasteiger partial charge in [-0.05, 0) is 37.0 Å². The Balaban J connectivity index is 0.00000338.